The van der Waals surface area contributed by atoms with Crippen LogP contribution in [-0.2, 0) is 38.5 Å². The molecule has 0 saturated carbocycles. The molecule has 0 spiro atoms. The second-order valence-electron chi connectivity index (χ2n) is 8.73. The van der Waals surface area contributed by atoms with Gasteiger partial charge in [0.2, 0.25) is 0 Å². The Kier molecular flexibility index (Phi) is 21.6. The first kappa shape index (κ1) is 34.9. The van der Waals surface area contributed by atoms with Gasteiger partial charge < -0.3 is 0 Å². The molecule has 0 atom stereocenters. The van der Waals surface area contributed by atoms with Gasteiger partial charge in [0.15, 0.2) is 0 Å². The number of benzene rings is 2. The third-order valence-corrected chi connectivity index (χ3v) is 10.7. The van der Waals surface area contributed by atoms with E-state index >= 15 is 0 Å². The molecule has 0 unspecified atom stereocenters. The summed E-state index contributed by atoms with van der Waals surface area (Å²) in [5.41, 5.74) is 8.87. The largest absolute Gasteiger partial charge is 0.113 e. The van der Waals surface area contributed by atoms with E-state index in [1.54, 1.807) is 0 Å². The summed E-state index contributed by atoms with van der Waals surface area (Å²) in [6.07, 6.45) is 15.1. The average molecular weight is 487 g/mol. The highest BCUT2D eigenvalue weighted by atomic mass is 31.2. The fourth-order valence-electron chi connectivity index (χ4n) is 3.57. The summed E-state index contributed by atoms with van der Waals surface area (Å²) in [4.78, 5) is 0. The molecule has 2 aromatic rings. The van der Waals surface area contributed by atoms with Gasteiger partial charge in [0.25, 0.3) is 0 Å². The fourth-order valence-corrected chi connectivity index (χ4v) is 4.92. The summed E-state index contributed by atoms with van der Waals surface area (Å²) >= 11 is 0. The van der Waals surface area contributed by atoms with Gasteiger partial charge in [0.1, 0.15) is 0 Å². The first-order chi connectivity index (χ1) is 16.3. The molecule has 0 bridgehead atoms. The van der Waals surface area contributed by atoms with Gasteiger partial charge in [-0.25, -0.2) is 0 Å². The minimum atomic E-state index is -0.662. The van der Waals surface area contributed by atoms with Crippen molar-refractivity contribution in [2.75, 3.05) is 18.5 Å². The van der Waals surface area contributed by atoms with Gasteiger partial charge in [-0.2, -0.15) is 0 Å². The van der Waals surface area contributed by atoms with Gasteiger partial charge in [-0.3, -0.25) is 0 Å². The van der Waals surface area contributed by atoms with E-state index in [0.717, 1.165) is 38.5 Å². The molecular weight excluding hydrogens is 427 g/mol. The molecule has 0 aromatic heterocycles. The van der Waals surface area contributed by atoms with Crippen LogP contribution in [0, 0.1) is 0 Å². The molecule has 0 fully saturated rings. The number of hydrogen-bond acceptors (Lipinski definition) is 0. The SMILES string of the molecule is C=P(CC)(CC)CC.CC.CCc1cc(CC)cc(CC)c1.CCc1cc(CC)cc(CC)c1. The van der Waals surface area contributed by atoms with Gasteiger partial charge in [0, 0.05) is 0 Å². The zero-order valence-electron chi connectivity index (χ0n) is 25.0. The lowest BCUT2D eigenvalue weighted by atomic mass is 10.0. The predicted molar refractivity (Wildman–Crippen MR) is 166 cm³/mol. The highest BCUT2D eigenvalue weighted by molar-refractivity contribution is 7.73. The van der Waals surface area contributed by atoms with Gasteiger partial charge >= 0.3 is 0 Å². The van der Waals surface area contributed by atoms with Crippen molar-refractivity contribution >= 4 is 13.2 Å². The number of hydrogen-bond donors (Lipinski definition) is 0. The van der Waals surface area contributed by atoms with Crippen LogP contribution < -0.4 is 0 Å². The second kappa shape index (κ2) is 21.1. The van der Waals surface area contributed by atoms with Gasteiger partial charge in [0.05, 0.1) is 0 Å². The van der Waals surface area contributed by atoms with Crippen LogP contribution in [0.2, 0.25) is 0 Å². The maximum Gasteiger partial charge on any atom is -0.0307 e. The first-order valence-corrected chi connectivity index (χ1v) is 16.7. The minimum absolute atomic E-state index is 0.662. The molecule has 0 heterocycles. The molecular formula is C33H59P. The number of aryl methyl sites for hydroxylation is 6. The van der Waals surface area contributed by atoms with Crippen LogP contribution in [0.25, 0.3) is 0 Å². The van der Waals surface area contributed by atoms with E-state index in [9.17, 15) is 0 Å². The van der Waals surface area contributed by atoms with Gasteiger partial charge in [-0.15, -0.1) is 13.2 Å². The molecule has 0 aliphatic heterocycles. The van der Waals surface area contributed by atoms with Crippen molar-refractivity contribution < 1.29 is 0 Å². The minimum Gasteiger partial charge on any atom is -0.113 e. The van der Waals surface area contributed by atoms with Crippen molar-refractivity contribution in [1.82, 2.24) is 0 Å². The lowest BCUT2D eigenvalue weighted by Crippen LogP contribution is -1.91. The topological polar surface area (TPSA) is 0 Å². The molecule has 0 saturated heterocycles. The van der Waals surface area contributed by atoms with Crippen molar-refractivity contribution in [3.05, 3.63) is 69.8 Å². The Morgan fingerprint density at radius 2 is 0.559 bits per heavy atom. The van der Waals surface area contributed by atoms with Crippen LogP contribution in [0.4, 0.5) is 0 Å². The molecule has 1 heteroatoms. The third-order valence-electron chi connectivity index (χ3n) is 6.69. The molecule has 0 nitrogen and oxygen atoms in total. The quantitative estimate of drug-likeness (QED) is 0.309. The zero-order valence-corrected chi connectivity index (χ0v) is 25.9. The lowest BCUT2D eigenvalue weighted by molar-refractivity contribution is 1.04. The molecule has 0 aliphatic rings. The normalized spacial score (nSPS) is 10.2. The molecule has 0 N–H and O–H groups in total. The van der Waals surface area contributed by atoms with Crippen molar-refractivity contribution in [2.24, 2.45) is 0 Å². The van der Waals surface area contributed by atoms with Crippen molar-refractivity contribution in [3.8, 4) is 0 Å². The Morgan fingerprint density at radius 1 is 0.412 bits per heavy atom. The third kappa shape index (κ3) is 14.2. The van der Waals surface area contributed by atoms with Crippen molar-refractivity contribution in [2.45, 2.75) is 115 Å². The zero-order chi connectivity index (χ0) is 26.6. The van der Waals surface area contributed by atoms with Gasteiger partial charge in [-0.1, -0.05) is 113 Å². The van der Waals surface area contributed by atoms with E-state index in [-0.39, 0.29) is 0 Å². The van der Waals surface area contributed by atoms with Crippen LogP contribution in [0.15, 0.2) is 36.4 Å². The smallest absolute Gasteiger partial charge is 0.0307 e. The fraction of sp³-hybridized carbons (Fsp3) is 0.606. The standard InChI is InChI=1S/2C12H18.C7H17P.C2H6/c2*1-4-10-7-11(5-2)9-12(6-3)8-10;1-5-8(4,6-2)7-3;1-2/h2*7-9H,4-6H2,1-3H3;4-7H2,1-3H3;1-2H3. The van der Waals surface area contributed by atoms with E-state index in [1.165, 1.54) is 51.9 Å². The average Bonchev–Trinajstić information content (AvgIpc) is 2.93. The molecule has 2 rings (SSSR count). The molecule has 0 aliphatic carbocycles. The van der Waals surface area contributed by atoms with E-state index in [2.05, 4.69) is 105 Å². The highest BCUT2D eigenvalue weighted by Crippen LogP contribution is 2.42. The van der Waals surface area contributed by atoms with Crippen LogP contribution in [0.1, 0.15) is 110 Å². The van der Waals surface area contributed by atoms with Crippen molar-refractivity contribution in [1.29, 1.82) is 0 Å². The molecule has 2 aromatic carbocycles. The van der Waals surface area contributed by atoms with Crippen molar-refractivity contribution in [3.63, 3.8) is 0 Å². The Hall–Kier alpha value is -1.26. The molecule has 0 amide bonds. The highest BCUT2D eigenvalue weighted by Gasteiger charge is 2.03. The van der Waals surface area contributed by atoms with Crippen LogP contribution in [-0.4, -0.2) is 24.8 Å². The summed E-state index contributed by atoms with van der Waals surface area (Å²) < 4.78 is 0. The number of rotatable bonds is 9. The summed E-state index contributed by atoms with van der Waals surface area (Å²) in [5.74, 6) is 0. The summed E-state index contributed by atoms with van der Waals surface area (Å²) in [6.45, 7) is 23.4. The van der Waals surface area contributed by atoms with Crippen LogP contribution in [0.3, 0.4) is 0 Å². The Morgan fingerprint density at radius 3 is 0.618 bits per heavy atom. The van der Waals surface area contributed by atoms with Crippen LogP contribution in [0.5, 0.6) is 0 Å². The molecule has 0 radical (unpaired) electrons. The molecule has 196 valence electrons. The van der Waals surface area contributed by atoms with Crippen LogP contribution >= 0.6 is 6.89 Å². The van der Waals surface area contributed by atoms with Gasteiger partial charge in [-0.05, 0) is 90.4 Å². The maximum atomic E-state index is 4.24. The summed E-state index contributed by atoms with van der Waals surface area (Å²) in [7, 11) is 0. The Labute approximate surface area is 216 Å². The Balaban J connectivity index is 0. The van der Waals surface area contributed by atoms with E-state index < -0.39 is 6.89 Å². The monoisotopic (exact) mass is 486 g/mol. The lowest BCUT2D eigenvalue weighted by Gasteiger charge is -2.17. The Bertz CT molecular complexity index is 615. The molecule has 34 heavy (non-hydrogen) atoms. The second-order valence-corrected chi connectivity index (χ2v) is 13.3. The summed E-state index contributed by atoms with van der Waals surface area (Å²) in [5, 5.41) is 0. The maximum absolute atomic E-state index is 4.24. The first-order valence-electron chi connectivity index (χ1n) is 14.2. The van der Waals surface area contributed by atoms with E-state index in [4.69, 9.17) is 0 Å². The predicted octanol–water partition coefficient (Wildman–Crippen LogP) is 10.3. The van der Waals surface area contributed by atoms with E-state index in [0.29, 0.717) is 0 Å². The van der Waals surface area contributed by atoms with E-state index in [1.807, 2.05) is 13.8 Å². The summed E-state index contributed by atoms with van der Waals surface area (Å²) in [6, 6.07) is 13.9.